The summed E-state index contributed by atoms with van der Waals surface area (Å²) in [6.45, 7) is 2.87. The summed E-state index contributed by atoms with van der Waals surface area (Å²) in [6, 6.07) is 18.6. The smallest absolute Gasteiger partial charge is 0.271 e. The first-order valence-corrected chi connectivity index (χ1v) is 15.6. The van der Waals surface area contributed by atoms with Gasteiger partial charge in [0.05, 0.1) is 18.3 Å². The number of amides is 2. The lowest BCUT2D eigenvalue weighted by molar-refractivity contribution is -0.384. The van der Waals surface area contributed by atoms with Gasteiger partial charge in [-0.15, -0.1) is 0 Å². The number of methoxy groups -OCH3 is 1. The van der Waals surface area contributed by atoms with E-state index < -0.39 is 39.3 Å². The Balaban J connectivity index is 2.13. The maximum atomic E-state index is 14.2. The molecule has 2 amide bonds. The topological polar surface area (TPSA) is 139 Å². The number of carbonyl (C=O) groups excluding carboxylic acids is 2. The highest BCUT2D eigenvalue weighted by Crippen LogP contribution is 2.34. The first-order chi connectivity index (χ1) is 19.8. The largest absolute Gasteiger partial charge is 0.495 e. The number of non-ortho nitro benzene ring substituents is 1. The van der Waals surface area contributed by atoms with Crippen molar-refractivity contribution in [2.24, 2.45) is 0 Å². The van der Waals surface area contributed by atoms with E-state index in [-0.39, 0.29) is 36.1 Å². The molecule has 1 N–H and O–H groups in total. The molecule has 0 aliphatic heterocycles. The van der Waals surface area contributed by atoms with Crippen LogP contribution in [0.3, 0.4) is 0 Å². The number of nitrogens with zero attached hydrogens (tertiary/aromatic N) is 3. The van der Waals surface area contributed by atoms with E-state index in [2.05, 4.69) is 21.2 Å². The Hall–Kier alpha value is -3.97. The predicted octanol–water partition coefficient (Wildman–Crippen LogP) is 4.30. The molecule has 13 heteroatoms. The van der Waals surface area contributed by atoms with Crippen LogP contribution in [-0.2, 0) is 32.6 Å². The molecule has 42 heavy (non-hydrogen) atoms. The van der Waals surface area contributed by atoms with Crippen molar-refractivity contribution in [1.82, 2.24) is 10.2 Å². The monoisotopic (exact) mass is 660 g/mol. The molecule has 0 unspecified atom stereocenters. The number of ether oxygens (including phenoxy) is 1. The van der Waals surface area contributed by atoms with Crippen molar-refractivity contribution < 1.29 is 27.7 Å². The number of hydrogen-bond acceptors (Lipinski definition) is 7. The molecule has 3 rings (SSSR count). The van der Waals surface area contributed by atoms with Gasteiger partial charge in [0.1, 0.15) is 24.0 Å². The minimum Gasteiger partial charge on any atom is -0.495 e. The molecule has 1 atom stereocenters. The molecular formula is C29H33BrN4O7S. The number of benzene rings is 3. The van der Waals surface area contributed by atoms with E-state index in [0.29, 0.717) is 5.56 Å². The molecule has 0 fully saturated rings. The van der Waals surface area contributed by atoms with Crippen LogP contribution in [0.1, 0.15) is 25.0 Å². The second-order valence-electron chi connectivity index (χ2n) is 9.90. The highest BCUT2D eigenvalue weighted by atomic mass is 79.9. The summed E-state index contributed by atoms with van der Waals surface area (Å²) < 4.78 is 32.9. The zero-order valence-corrected chi connectivity index (χ0v) is 26.1. The van der Waals surface area contributed by atoms with Crippen molar-refractivity contribution in [2.45, 2.75) is 38.9 Å². The van der Waals surface area contributed by atoms with Gasteiger partial charge in [-0.1, -0.05) is 58.4 Å². The van der Waals surface area contributed by atoms with Crippen LogP contribution in [0.2, 0.25) is 0 Å². The Bertz CT molecular complexity index is 1530. The minimum atomic E-state index is -4.15. The van der Waals surface area contributed by atoms with Crippen LogP contribution < -0.4 is 14.4 Å². The predicted molar refractivity (Wildman–Crippen MR) is 164 cm³/mol. The van der Waals surface area contributed by atoms with Gasteiger partial charge in [0.15, 0.2) is 0 Å². The molecule has 3 aromatic rings. The van der Waals surface area contributed by atoms with E-state index in [1.807, 2.05) is 36.4 Å². The van der Waals surface area contributed by atoms with Crippen molar-refractivity contribution in [3.63, 3.8) is 0 Å². The number of nitro groups is 1. The summed E-state index contributed by atoms with van der Waals surface area (Å²) in [6.07, 6.45) is 1.06. The van der Waals surface area contributed by atoms with Gasteiger partial charge in [0.25, 0.3) is 5.69 Å². The molecule has 0 aliphatic rings. The summed E-state index contributed by atoms with van der Waals surface area (Å²) in [5.74, 6) is -1.07. The Morgan fingerprint density at radius 2 is 1.69 bits per heavy atom. The summed E-state index contributed by atoms with van der Waals surface area (Å²) >= 11 is 3.43. The second kappa shape index (κ2) is 14.3. The van der Waals surface area contributed by atoms with Gasteiger partial charge in [-0.3, -0.25) is 24.0 Å². The summed E-state index contributed by atoms with van der Waals surface area (Å²) in [5.41, 5.74) is 0.952. The van der Waals surface area contributed by atoms with Gasteiger partial charge in [0, 0.05) is 35.6 Å². The Morgan fingerprint density at radius 3 is 2.26 bits per heavy atom. The molecule has 0 spiro atoms. The molecule has 3 aromatic carbocycles. The standard InChI is InChI=1S/C29H33BrN4O7S/c1-20(2)31-29(36)26(16-21-9-6-5-7-10-21)32(18-22-11-8-12-23(30)15-22)28(35)19-33(42(4,39)40)25-17-24(34(37)38)13-14-27(25)41-3/h5-15,17,20,26H,16,18-19H2,1-4H3,(H,31,36)/t26-/m1/s1. The van der Waals surface area contributed by atoms with Crippen LogP contribution in [0.15, 0.2) is 77.3 Å². The van der Waals surface area contributed by atoms with Crippen molar-refractivity contribution in [3.05, 3.63) is 98.5 Å². The van der Waals surface area contributed by atoms with Crippen LogP contribution in [0.4, 0.5) is 11.4 Å². The Morgan fingerprint density at radius 1 is 1.02 bits per heavy atom. The number of hydrogen-bond donors (Lipinski definition) is 1. The van der Waals surface area contributed by atoms with Crippen LogP contribution >= 0.6 is 15.9 Å². The number of nitrogens with one attached hydrogen (secondary N) is 1. The van der Waals surface area contributed by atoms with Crippen molar-refractivity contribution in [3.8, 4) is 5.75 Å². The molecule has 0 heterocycles. The van der Waals surface area contributed by atoms with Crippen LogP contribution in [0.25, 0.3) is 0 Å². The third-order valence-electron chi connectivity index (χ3n) is 6.27. The van der Waals surface area contributed by atoms with Gasteiger partial charge in [-0.25, -0.2) is 8.42 Å². The van der Waals surface area contributed by atoms with Crippen LogP contribution in [0.5, 0.6) is 5.75 Å². The second-order valence-corrected chi connectivity index (χ2v) is 12.7. The fraction of sp³-hybridized carbons (Fsp3) is 0.310. The summed E-state index contributed by atoms with van der Waals surface area (Å²) in [4.78, 5) is 39.9. The fourth-order valence-corrected chi connectivity index (χ4v) is 5.64. The van der Waals surface area contributed by atoms with Gasteiger partial charge in [0.2, 0.25) is 21.8 Å². The van der Waals surface area contributed by atoms with Crippen molar-refractivity contribution >= 4 is 49.1 Å². The van der Waals surface area contributed by atoms with Gasteiger partial charge >= 0.3 is 0 Å². The molecule has 0 aromatic heterocycles. The average molecular weight is 662 g/mol. The molecule has 0 bridgehead atoms. The van der Waals surface area contributed by atoms with E-state index in [1.54, 1.807) is 32.0 Å². The van der Waals surface area contributed by atoms with Crippen molar-refractivity contribution in [1.29, 1.82) is 0 Å². The molecule has 0 radical (unpaired) electrons. The number of halogens is 1. The Labute approximate surface area is 253 Å². The highest BCUT2D eigenvalue weighted by molar-refractivity contribution is 9.10. The molecule has 0 aliphatic carbocycles. The molecule has 0 saturated heterocycles. The van der Waals surface area contributed by atoms with E-state index in [4.69, 9.17) is 4.74 Å². The number of carbonyl (C=O) groups is 2. The van der Waals surface area contributed by atoms with E-state index in [1.165, 1.54) is 24.1 Å². The third kappa shape index (κ3) is 8.76. The maximum absolute atomic E-state index is 14.2. The summed E-state index contributed by atoms with van der Waals surface area (Å²) in [7, 11) is -2.86. The number of anilines is 1. The fourth-order valence-electron chi connectivity index (χ4n) is 4.35. The van der Waals surface area contributed by atoms with Gasteiger partial charge in [-0.05, 0) is 43.2 Å². The SMILES string of the molecule is COc1ccc([N+](=O)[O-])cc1N(CC(=O)N(Cc1cccc(Br)c1)[C@H](Cc1ccccc1)C(=O)NC(C)C)S(C)(=O)=O. The van der Waals surface area contributed by atoms with Crippen LogP contribution in [0, 0.1) is 10.1 Å². The zero-order valence-electron chi connectivity index (χ0n) is 23.7. The maximum Gasteiger partial charge on any atom is 0.271 e. The van der Waals surface area contributed by atoms with Crippen molar-refractivity contribution in [2.75, 3.05) is 24.2 Å². The van der Waals surface area contributed by atoms with E-state index >= 15 is 0 Å². The van der Waals surface area contributed by atoms with Gasteiger partial charge in [-0.2, -0.15) is 0 Å². The summed E-state index contributed by atoms with van der Waals surface area (Å²) in [5, 5.41) is 14.4. The number of sulfonamides is 1. The molecular weight excluding hydrogens is 628 g/mol. The van der Waals surface area contributed by atoms with Crippen LogP contribution in [-0.4, -0.2) is 62.0 Å². The molecule has 11 nitrogen and oxygen atoms in total. The van der Waals surface area contributed by atoms with E-state index in [9.17, 15) is 28.1 Å². The molecule has 224 valence electrons. The number of nitro benzene ring substituents is 1. The minimum absolute atomic E-state index is 0.00897. The first-order valence-electron chi connectivity index (χ1n) is 13.0. The Kier molecular flexibility index (Phi) is 11.1. The average Bonchev–Trinajstić information content (AvgIpc) is 2.92. The molecule has 0 saturated carbocycles. The lowest BCUT2D eigenvalue weighted by Gasteiger charge is -2.34. The van der Waals surface area contributed by atoms with E-state index in [0.717, 1.165) is 26.7 Å². The lowest BCUT2D eigenvalue weighted by atomic mass is 10.0. The third-order valence-corrected chi connectivity index (χ3v) is 7.88. The highest BCUT2D eigenvalue weighted by Gasteiger charge is 2.34. The number of rotatable bonds is 13. The zero-order chi connectivity index (χ0) is 31.0. The quantitative estimate of drug-likeness (QED) is 0.213. The normalized spacial score (nSPS) is 12.0. The van der Waals surface area contributed by atoms with Gasteiger partial charge < -0.3 is 15.0 Å². The first kappa shape index (κ1) is 32.5. The lowest BCUT2D eigenvalue weighted by Crippen LogP contribution is -2.54.